The minimum Gasteiger partial charge on any atom is -0.456 e. The van der Waals surface area contributed by atoms with Crippen LogP contribution in [0.1, 0.15) is 88.0 Å². The average Bonchev–Trinajstić information content (AvgIpc) is 3.05. The normalized spacial score (nSPS) is 18.6. The zero-order chi connectivity index (χ0) is 37.0. The fraction of sp³-hybridized carbons (Fsp3) is 0.400. The third-order valence-electron chi connectivity index (χ3n) is 10.3. The lowest BCUT2D eigenvalue weighted by molar-refractivity contribution is -2.00. The van der Waals surface area contributed by atoms with E-state index in [4.69, 9.17) is 28.1 Å². The van der Waals surface area contributed by atoms with Gasteiger partial charge in [-0.25, -0.2) is 23.2 Å². The monoisotopic (exact) mass is 715 g/mol. The molecule has 0 aromatic heterocycles. The van der Waals surface area contributed by atoms with Crippen molar-refractivity contribution in [2.75, 3.05) is 44.3 Å². The largest absolute Gasteiger partial charge is 0.456 e. The highest BCUT2D eigenvalue weighted by atomic mass is 35.7. The summed E-state index contributed by atoms with van der Waals surface area (Å²) in [5, 5.41) is 2.20. The summed E-state index contributed by atoms with van der Waals surface area (Å²) in [6.07, 6.45) is 4.73. The van der Waals surface area contributed by atoms with Crippen LogP contribution in [0.15, 0.2) is 60.7 Å². The number of hydrogen-bond acceptors (Lipinski definition) is 8. The van der Waals surface area contributed by atoms with Crippen molar-refractivity contribution in [2.45, 2.75) is 66.5 Å². The number of nitrogens with zero attached hydrogens (tertiary/aromatic N) is 3. The number of carbonyl (C=O) groups is 1. The molecule has 0 N–H and O–H groups in total. The summed E-state index contributed by atoms with van der Waals surface area (Å²) in [6, 6.07) is 17.2. The van der Waals surface area contributed by atoms with Crippen LogP contribution in [0.2, 0.25) is 0 Å². The van der Waals surface area contributed by atoms with E-state index in [1.165, 1.54) is 33.3 Å². The quantitative estimate of drug-likeness (QED) is 0.290. The molecule has 11 heteroatoms. The second-order valence-corrected chi connectivity index (χ2v) is 15.2. The second-order valence-electron chi connectivity index (χ2n) is 14.5. The molecule has 10 nitrogen and oxygen atoms in total. The average molecular weight is 716 g/mol. The molecule has 0 saturated carbocycles. The molecule has 0 aliphatic carbocycles. The summed E-state index contributed by atoms with van der Waals surface area (Å²) in [6.45, 7) is 22.0. The van der Waals surface area contributed by atoms with E-state index >= 15 is 0 Å². The predicted molar refractivity (Wildman–Crippen MR) is 187 cm³/mol. The van der Waals surface area contributed by atoms with Crippen LogP contribution in [-0.2, 0) is 4.74 Å². The number of anilines is 1. The third-order valence-corrected chi connectivity index (χ3v) is 10.3. The smallest absolute Gasteiger partial charge is 0.254 e. The molecule has 1 fully saturated rings. The van der Waals surface area contributed by atoms with Crippen LogP contribution in [0, 0.1) is 10.2 Å². The van der Waals surface area contributed by atoms with E-state index < -0.39 is 10.2 Å². The Balaban J connectivity index is 0.000000839. The molecule has 1 amide bonds. The third kappa shape index (κ3) is 6.96. The van der Waals surface area contributed by atoms with Crippen LogP contribution in [0.5, 0.6) is 11.5 Å². The van der Waals surface area contributed by atoms with Gasteiger partial charge < -0.3 is 19.3 Å². The standard InChI is InChI=1S/C40H46N3O3.ClHO4/c1-9-42-33-21-35-31(19-29(33)25(3)23-39(42,5)6)37(27-13-11-12-14-28(27)38(44)41-15-17-45-18-16-41)32-20-30-26(4)24-40(7,8)43(10-2)34(30)22-36(32)46-35;2-1(3,4)5/h11-14,19-24H,9-10,15-18H2,1-8H3;(H,2,3,4,5)/q+1;/p-1. The van der Waals surface area contributed by atoms with E-state index in [2.05, 4.69) is 107 Å². The van der Waals surface area contributed by atoms with Crippen LogP contribution in [0.25, 0.3) is 16.7 Å². The van der Waals surface area contributed by atoms with Gasteiger partial charge in [-0.1, -0.05) is 24.3 Å². The number of amides is 1. The van der Waals surface area contributed by atoms with E-state index in [-0.39, 0.29) is 17.0 Å². The van der Waals surface area contributed by atoms with Gasteiger partial charge in [-0.2, -0.15) is 0 Å². The van der Waals surface area contributed by atoms with Crippen molar-refractivity contribution in [3.05, 3.63) is 99.1 Å². The summed E-state index contributed by atoms with van der Waals surface area (Å²) < 4.78 is 49.0. The van der Waals surface area contributed by atoms with Crippen LogP contribution in [-0.4, -0.2) is 61.3 Å². The Morgan fingerprint density at radius 1 is 0.843 bits per heavy atom. The summed E-state index contributed by atoms with van der Waals surface area (Å²) in [4.78, 5) is 18.5. The van der Waals surface area contributed by atoms with Gasteiger partial charge in [-0.3, -0.25) is 4.79 Å². The Labute approximate surface area is 301 Å². The van der Waals surface area contributed by atoms with Crippen LogP contribution in [0.3, 0.4) is 0 Å². The number of carbonyl (C=O) groups excluding carboxylic acids is 1. The first-order valence-corrected chi connectivity index (χ1v) is 18.6. The molecule has 4 aliphatic heterocycles. The SMILES string of the molecule is CCN1c2cc3c(cc2C(C)=CC1(C)C)C(c1ccccc1C(=O)N1CCOCC1)=c1cc2c(cc1O3)=[N+](CC)C(C)(C)C=C2C.[O-][Cl+3]([O-])([O-])[O-]. The number of benzene rings is 3. The molecule has 4 heterocycles. The first kappa shape index (κ1) is 36.8. The van der Waals surface area contributed by atoms with Crippen LogP contribution < -0.4 is 43.4 Å². The number of halogens is 1. The lowest BCUT2D eigenvalue weighted by atomic mass is 9.83. The van der Waals surface area contributed by atoms with Gasteiger partial charge in [0.15, 0.2) is 5.54 Å². The summed E-state index contributed by atoms with van der Waals surface area (Å²) in [5.41, 5.74) is 9.55. The van der Waals surface area contributed by atoms with Crippen molar-refractivity contribution in [3.63, 3.8) is 0 Å². The highest BCUT2D eigenvalue weighted by Crippen LogP contribution is 2.46. The Morgan fingerprint density at radius 3 is 2.14 bits per heavy atom. The van der Waals surface area contributed by atoms with Gasteiger partial charge in [0.25, 0.3) is 5.91 Å². The second kappa shape index (κ2) is 13.5. The van der Waals surface area contributed by atoms with Gasteiger partial charge in [0.2, 0.25) is 5.36 Å². The van der Waals surface area contributed by atoms with Crippen LogP contribution in [0.4, 0.5) is 5.69 Å². The summed E-state index contributed by atoms with van der Waals surface area (Å²) in [5.74, 6) is 1.69. The van der Waals surface area contributed by atoms with Crippen molar-refractivity contribution in [3.8, 4) is 11.5 Å². The van der Waals surface area contributed by atoms with E-state index in [0.717, 1.165) is 46.5 Å². The Morgan fingerprint density at radius 2 is 1.49 bits per heavy atom. The first-order valence-electron chi connectivity index (χ1n) is 17.4. The molecular weight excluding hydrogens is 670 g/mol. The van der Waals surface area contributed by atoms with E-state index in [1.807, 2.05) is 23.1 Å². The number of ether oxygens (including phenoxy) is 2. The van der Waals surface area contributed by atoms with Crippen molar-refractivity contribution in [2.24, 2.45) is 0 Å². The maximum absolute atomic E-state index is 14.2. The number of allylic oxidation sites excluding steroid dienone is 2. The Bertz CT molecular complexity index is 2080. The minimum absolute atomic E-state index is 0.0434. The molecular formula is C40H46ClN3O7. The molecule has 1 saturated heterocycles. The van der Waals surface area contributed by atoms with E-state index in [9.17, 15) is 4.79 Å². The molecule has 0 atom stereocenters. The van der Waals surface area contributed by atoms with Gasteiger partial charge in [0, 0.05) is 78.3 Å². The highest BCUT2D eigenvalue weighted by molar-refractivity contribution is 6.02. The van der Waals surface area contributed by atoms with Crippen molar-refractivity contribution in [1.82, 2.24) is 9.48 Å². The predicted octanol–water partition coefficient (Wildman–Crippen LogP) is 1.48. The van der Waals surface area contributed by atoms with Crippen molar-refractivity contribution < 1.29 is 43.1 Å². The highest BCUT2D eigenvalue weighted by Gasteiger charge is 2.36. The molecule has 3 aromatic rings. The molecule has 0 radical (unpaired) electrons. The van der Waals surface area contributed by atoms with Crippen LogP contribution >= 0.6 is 0 Å². The number of rotatable bonds is 4. The molecule has 0 unspecified atom stereocenters. The first-order chi connectivity index (χ1) is 23.9. The molecule has 0 bridgehead atoms. The van der Waals surface area contributed by atoms with Gasteiger partial charge in [-0.15, -0.1) is 10.2 Å². The van der Waals surface area contributed by atoms with Gasteiger partial charge in [0.05, 0.1) is 24.8 Å². The van der Waals surface area contributed by atoms with Crippen molar-refractivity contribution in [1.29, 1.82) is 0 Å². The van der Waals surface area contributed by atoms with Gasteiger partial charge >= 0.3 is 0 Å². The van der Waals surface area contributed by atoms with E-state index in [1.54, 1.807) is 0 Å². The Kier molecular flexibility index (Phi) is 9.73. The molecule has 0 spiro atoms. The molecule has 7 rings (SSSR count). The maximum atomic E-state index is 14.2. The summed E-state index contributed by atoms with van der Waals surface area (Å²) >= 11 is 0. The molecule has 51 heavy (non-hydrogen) atoms. The Hall–Kier alpha value is -4.03. The molecule has 4 aliphatic rings. The van der Waals surface area contributed by atoms with Gasteiger partial charge in [0.1, 0.15) is 18.0 Å². The summed E-state index contributed by atoms with van der Waals surface area (Å²) in [7, 11) is -4.94. The van der Waals surface area contributed by atoms with Crippen molar-refractivity contribution >= 4 is 28.3 Å². The minimum atomic E-state index is -4.94. The number of likely N-dealkylation sites (N-methyl/N-ethyl adjacent to an activating group) is 2. The zero-order valence-electron chi connectivity index (χ0n) is 30.6. The number of fused-ring (bicyclic) bond motifs is 4. The fourth-order valence-corrected chi connectivity index (χ4v) is 8.30. The lowest BCUT2D eigenvalue weighted by Gasteiger charge is -2.43. The number of morpholine rings is 1. The molecule has 3 aromatic carbocycles. The number of hydrogen-bond donors (Lipinski definition) is 0. The zero-order valence-corrected chi connectivity index (χ0v) is 31.3. The van der Waals surface area contributed by atoms with Gasteiger partial charge in [-0.05, 0) is 82.5 Å². The maximum Gasteiger partial charge on any atom is 0.254 e. The lowest BCUT2D eigenvalue weighted by Crippen LogP contribution is -2.68. The van der Waals surface area contributed by atoms with E-state index in [0.29, 0.717) is 31.9 Å². The topological polar surface area (TPSA) is 137 Å². The fourth-order valence-electron chi connectivity index (χ4n) is 8.30. The molecule has 270 valence electrons.